The minimum atomic E-state index is -0.118. The summed E-state index contributed by atoms with van der Waals surface area (Å²) in [4.78, 5) is 16.9. The van der Waals surface area contributed by atoms with Crippen molar-refractivity contribution >= 4 is 17.5 Å². The van der Waals surface area contributed by atoms with Gasteiger partial charge in [0.25, 0.3) is 0 Å². The maximum absolute atomic E-state index is 11.3. The summed E-state index contributed by atoms with van der Waals surface area (Å²) in [6.45, 7) is 3.48. The van der Waals surface area contributed by atoms with Gasteiger partial charge in [-0.25, -0.2) is 5.06 Å². The lowest BCUT2D eigenvalue weighted by Crippen LogP contribution is -2.30. The molecule has 0 bridgehead atoms. The van der Waals surface area contributed by atoms with Gasteiger partial charge in [0.05, 0.1) is 6.04 Å². The highest BCUT2D eigenvalue weighted by atomic mass is 35.5. The number of hydrogen-bond acceptors (Lipinski definition) is 2. The molecular formula is C12H14ClNO2. The molecule has 1 fully saturated rings. The average Bonchev–Trinajstić information content (AvgIpc) is 2.61. The van der Waals surface area contributed by atoms with E-state index >= 15 is 0 Å². The molecule has 1 aliphatic heterocycles. The van der Waals surface area contributed by atoms with E-state index < -0.39 is 0 Å². The van der Waals surface area contributed by atoms with Crippen LogP contribution in [0, 0.1) is 0 Å². The summed E-state index contributed by atoms with van der Waals surface area (Å²) in [6.07, 6.45) is 0.663. The molecule has 0 aromatic heterocycles. The van der Waals surface area contributed by atoms with Crippen molar-refractivity contribution in [3.63, 3.8) is 0 Å². The van der Waals surface area contributed by atoms with Crippen LogP contribution in [-0.4, -0.2) is 17.0 Å². The molecule has 0 N–H and O–H groups in total. The molecule has 1 aromatic rings. The first-order valence-electron chi connectivity index (χ1n) is 5.30. The first-order valence-corrected chi connectivity index (χ1v) is 5.68. The van der Waals surface area contributed by atoms with Crippen LogP contribution in [0.2, 0.25) is 5.02 Å². The van der Waals surface area contributed by atoms with Gasteiger partial charge in [-0.2, -0.15) is 0 Å². The Morgan fingerprint density at radius 3 is 2.75 bits per heavy atom. The number of rotatable bonds is 1. The highest BCUT2D eigenvalue weighted by molar-refractivity contribution is 6.31. The molecule has 1 aromatic carbocycles. The lowest BCUT2D eigenvalue weighted by Gasteiger charge is -2.17. The zero-order chi connectivity index (χ0) is 11.7. The van der Waals surface area contributed by atoms with E-state index in [-0.39, 0.29) is 18.1 Å². The third kappa shape index (κ3) is 2.06. The summed E-state index contributed by atoms with van der Waals surface area (Å²) in [7, 11) is 0. The molecule has 0 aliphatic carbocycles. The minimum Gasteiger partial charge on any atom is -0.273 e. The van der Waals surface area contributed by atoms with Gasteiger partial charge in [0.2, 0.25) is 5.91 Å². The topological polar surface area (TPSA) is 29.5 Å². The van der Waals surface area contributed by atoms with Gasteiger partial charge < -0.3 is 0 Å². The first kappa shape index (κ1) is 11.4. The number of hydrogen-bond donors (Lipinski definition) is 0. The second-order valence-electron chi connectivity index (χ2n) is 4.05. The van der Waals surface area contributed by atoms with E-state index in [4.69, 9.17) is 16.4 Å². The van der Waals surface area contributed by atoms with Gasteiger partial charge in [-0.1, -0.05) is 29.8 Å². The molecule has 16 heavy (non-hydrogen) atoms. The van der Waals surface area contributed by atoms with Gasteiger partial charge >= 0.3 is 0 Å². The molecule has 1 amide bonds. The summed E-state index contributed by atoms with van der Waals surface area (Å²) < 4.78 is 0. The number of halogens is 1. The van der Waals surface area contributed by atoms with E-state index in [1.165, 1.54) is 12.0 Å². The Balaban J connectivity index is 2.20. The second-order valence-corrected chi connectivity index (χ2v) is 4.45. The fourth-order valence-corrected chi connectivity index (χ4v) is 2.25. The average molecular weight is 240 g/mol. The lowest BCUT2D eigenvalue weighted by molar-refractivity contribution is -0.185. The molecule has 1 heterocycles. The number of amides is 1. The summed E-state index contributed by atoms with van der Waals surface area (Å²) in [5.74, 6) is -0.0675. The van der Waals surface area contributed by atoms with Gasteiger partial charge in [0.15, 0.2) is 0 Å². The summed E-state index contributed by atoms with van der Waals surface area (Å²) in [5.41, 5.74) is 0.944. The van der Waals surface area contributed by atoms with Gasteiger partial charge in [-0.05, 0) is 13.0 Å². The molecule has 1 aliphatic rings. The maximum Gasteiger partial charge on any atom is 0.243 e. The molecule has 4 heteroatoms. The van der Waals surface area contributed by atoms with Crippen LogP contribution >= 0.6 is 11.6 Å². The van der Waals surface area contributed by atoms with E-state index in [0.29, 0.717) is 5.02 Å². The zero-order valence-electron chi connectivity index (χ0n) is 9.31. The van der Waals surface area contributed by atoms with Crippen molar-refractivity contribution in [2.75, 3.05) is 0 Å². The Bertz CT molecular complexity index is 408. The third-order valence-corrected chi connectivity index (χ3v) is 3.10. The Kier molecular flexibility index (Phi) is 3.17. The van der Waals surface area contributed by atoms with Crippen LogP contribution in [0.4, 0.5) is 0 Å². The van der Waals surface area contributed by atoms with Crippen LogP contribution < -0.4 is 0 Å². The molecule has 0 radical (unpaired) electrons. The summed E-state index contributed by atoms with van der Waals surface area (Å²) in [6, 6.07) is 7.67. The van der Waals surface area contributed by atoms with Crippen LogP contribution in [0.3, 0.4) is 0 Å². The fraction of sp³-hybridized carbons (Fsp3) is 0.417. The van der Waals surface area contributed by atoms with Crippen molar-refractivity contribution in [2.24, 2.45) is 0 Å². The van der Waals surface area contributed by atoms with Crippen LogP contribution in [-0.2, 0) is 9.63 Å². The monoisotopic (exact) mass is 239 g/mol. The Hall–Kier alpha value is -1.06. The molecule has 3 nitrogen and oxygen atoms in total. The number of nitrogens with zero attached hydrogens (tertiary/aromatic N) is 1. The molecule has 86 valence electrons. The summed E-state index contributed by atoms with van der Waals surface area (Å²) in [5, 5.41) is 2.11. The van der Waals surface area contributed by atoms with Crippen molar-refractivity contribution in [3.05, 3.63) is 34.9 Å². The van der Waals surface area contributed by atoms with Crippen molar-refractivity contribution in [2.45, 2.75) is 32.4 Å². The highest BCUT2D eigenvalue weighted by Gasteiger charge is 2.33. The first-order chi connectivity index (χ1) is 7.59. The highest BCUT2D eigenvalue weighted by Crippen LogP contribution is 2.36. The van der Waals surface area contributed by atoms with Gasteiger partial charge in [0, 0.05) is 23.9 Å². The van der Waals surface area contributed by atoms with E-state index in [1.54, 1.807) is 0 Å². The van der Waals surface area contributed by atoms with E-state index in [0.717, 1.165) is 12.0 Å². The quantitative estimate of drug-likeness (QED) is 0.754. The third-order valence-electron chi connectivity index (χ3n) is 2.76. The Morgan fingerprint density at radius 1 is 1.50 bits per heavy atom. The van der Waals surface area contributed by atoms with E-state index in [2.05, 4.69) is 0 Å². The Labute approximate surface area is 99.9 Å². The van der Waals surface area contributed by atoms with Crippen molar-refractivity contribution in [3.8, 4) is 0 Å². The minimum absolute atomic E-state index is 0.0675. The van der Waals surface area contributed by atoms with Crippen molar-refractivity contribution < 1.29 is 9.63 Å². The largest absolute Gasteiger partial charge is 0.273 e. The fourth-order valence-electron chi connectivity index (χ4n) is 1.99. The standard InChI is InChI=1S/C12H14ClNO2/c1-8-7-12(16-14(8)9(2)15)10-5-3-4-6-11(10)13/h3-6,8,12H,7H2,1-2H3/t8-,12-/m0/s1. The predicted octanol–water partition coefficient (Wildman–Crippen LogP) is 2.95. The molecule has 2 rings (SSSR count). The van der Waals surface area contributed by atoms with Crippen LogP contribution in [0.15, 0.2) is 24.3 Å². The SMILES string of the molecule is CC(=O)N1O[C@H](c2ccccc2Cl)C[C@@H]1C. The number of carbonyl (C=O) groups is 1. The summed E-state index contributed by atoms with van der Waals surface area (Å²) >= 11 is 6.10. The van der Waals surface area contributed by atoms with Crippen LogP contribution in [0.5, 0.6) is 0 Å². The zero-order valence-corrected chi connectivity index (χ0v) is 10.1. The van der Waals surface area contributed by atoms with Crippen molar-refractivity contribution in [1.82, 2.24) is 5.06 Å². The molecule has 0 unspecified atom stereocenters. The maximum atomic E-state index is 11.3. The number of carbonyl (C=O) groups excluding carboxylic acids is 1. The predicted molar refractivity (Wildman–Crippen MR) is 61.9 cm³/mol. The van der Waals surface area contributed by atoms with E-state index in [1.807, 2.05) is 31.2 Å². The number of benzene rings is 1. The number of hydroxylamine groups is 2. The van der Waals surface area contributed by atoms with Crippen molar-refractivity contribution in [1.29, 1.82) is 0 Å². The molecule has 1 saturated heterocycles. The van der Waals surface area contributed by atoms with Crippen LogP contribution in [0.1, 0.15) is 31.9 Å². The second kappa shape index (κ2) is 4.44. The molecule has 2 atom stereocenters. The molecular weight excluding hydrogens is 226 g/mol. The molecule has 0 spiro atoms. The molecule has 0 saturated carbocycles. The van der Waals surface area contributed by atoms with E-state index in [9.17, 15) is 4.79 Å². The van der Waals surface area contributed by atoms with Crippen LogP contribution in [0.25, 0.3) is 0 Å². The van der Waals surface area contributed by atoms with Gasteiger partial charge in [0.1, 0.15) is 6.10 Å². The normalized spacial score (nSPS) is 24.8. The lowest BCUT2D eigenvalue weighted by atomic mass is 10.0. The van der Waals surface area contributed by atoms with Gasteiger partial charge in [-0.15, -0.1) is 0 Å². The Morgan fingerprint density at radius 2 is 2.19 bits per heavy atom. The smallest absolute Gasteiger partial charge is 0.243 e. The van der Waals surface area contributed by atoms with Gasteiger partial charge in [-0.3, -0.25) is 9.63 Å².